The number of amides is 1. The highest BCUT2D eigenvalue weighted by Crippen LogP contribution is 2.31. The minimum atomic E-state index is -0.504. The van der Waals surface area contributed by atoms with Crippen molar-refractivity contribution >= 4 is 17.1 Å². The van der Waals surface area contributed by atoms with Gasteiger partial charge in [0.2, 0.25) is 0 Å². The summed E-state index contributed by atoms with van der Waals surface area (Å²) in [4.78, 5) is 36.6. The molecule has 1 amide bonds. The molecule has 0 unspecified atom stereocenters. The van der Waals surface area contributed by atoms with Crippen LogP contribution in [0.15, 0.2) is 47.4 Å². The highest BCUT2D eigenvalue weighted by Gasteiger charge is 2.40. The number of aryl methyl sites for hydroxylation is 1. The smallest absolute Gasteiger partial charge is 0.278 e. The second-order valence-corrected chi connectivity index (χ2v) is 7.83. The fraction of sp³-hybridized carbons (Fsp3) is 0.391. The predicted octanol–water partition coefficient (Wildman–Crippen LogP) is 2.46. The fourth-order valence-corrected chi connectivity index (χ4v) is 4.35. The highest BCUT2D eigenvalue weighted by atomic mass is 16.7. The van der Waals surface area contributed by atoms with Crippen LogP contribution in [-0.2, 0) is 16.0 Å². The first kappa shape index (κ1) is 19.8. The molecule has 0 bridgehead atoms. The zero-order chi connectivity index (χ0) is 21.4. The Bertz CT molecular complexity index is 1170. The maximum atomic E-state index is 13.0. The van der Waals surface area contributed by atoms with Gasteiger partial charge in [0.25, 0.3) is 11.5 Å². The first-order valence-electron chi connectivity index (χ1n) is 10.6. The average molecular weight is 420 g/mol. The van der Waals surface area contributed by atoms with E-state index in [1.165, 1.54) is 0 Å². The molecule has 4 heterocycles. The fourth-order valence-electron chi connectivity index (χ4n) is 4.35. The SMILES string of the molecule is CCn1c(=O)c(-c2ccc(C(=O)N3CCC4(CC3)OCCO4)cc2)nc2cccnc21. The summed E-state index contributed by atoms with van der Waals surface area (Å²) in [5, 5.41) is 0. The molecule has 160 valence electrons. The summed E-state index contributed by atoms with van der Waals surface area (Å²) in [5.74, 6) is -0.530. The molecule has 1 aromatic carbocycles. The number of aromatic nitrogens is 3. The summed E-state index contributed by atoms with van der Waals surface area (Å²) in [6.45, 7) is 4.85. The lowest BCUT2D eigenvalue weighted by Crippen LogP contribution is -2.47. The number of carbonyl (C=O) groups excluding carboxylic acids is 1. The number of likely N-dealkylation sites (tertiary alicyclic amines) is 1. The van der Waals surface area contributed by atoms with Crippen LogP contribution in [0.1, 0.15) is 30.1 Å². The van der Waals surface area contributed by atoms with Crippen molar-refractivity contribution < 1.29 is 14.3 Å². The zero-order valence-corrected chi connectivity index (χ0v) is 17.4. The standard InChI is InChI=1S/C23H24N4O4/c1-2-27-20-18(4-3-11-24-20)25-19(22(27)29)16-5-7-17(8-6-16)21(28)26-12-9-23(10-13-26)30-14-15-31-23/h3-8,11H,2,9-10,12-15H2,1H3. The number of hydrogen-bond donors (Lipinski definition) is 0. The van der Waals surface area contributed by atoms with Crippen LogP contribution in [-0.4, -0.2) is 57.4 Å². The van der Waals surface area contributed by atoms with E-state index in [0.717, 1.165) is 0 Å². The van der Waals surface area contributed by atoms with Crippen LogP contribution in [0.25, 0.3) is 22.4 Å². The summed E-state index contributed by atoms with van der Waals surface area (Å²) in [7, 11) is 0. The Morgan fingerprint density at radius 2 is 1.81 bits per heavy atom. The van der Waals surface area contributed by atoms with Gasteiger partial charge in [-0.15, -0.1) is 0 Å². The molecule has 0 N–H and O–H groups in total. The van der Waals surface area contributed by atoms with Gasteiger partial charge in [0.15, 0.2) is 11.4 Å². The molecule has 0 atom stereocenters. The van der Waals surface area contributed by atoms with Crippen molar-refractivity contribution in [3.05, 3.63) is 58.5 Å². The van der Waals surface area contributed by atoms with Crippen molar-refractivity contribution in [3.8, 4) is 11.3 Å². The number of hydrogen-bond acceptors (Lipinski definition) is 6. The third kappa shape index (κ3) is 3.51. The number of pyridine rings is 1. The van der Waals surface area contributed by atoms with Gasteiger partial charge in [-0.3, -0.25) is 14.2 Å². The Morgan fingerprint density at radius 1 is 1.10 bits per heavy atom. The predicted molar refractivity (Wildman–Crippen MR) is 115 cm³/mol. The third-order valence-corrected chi connectivity index (χ3v) is 6.05. The number of carbonyl (C=O) groups is 1. The van der Waals surface area contributed by atoms with E-state index in [2.05, 4.69) is 9.97 Å². The zero-order valence-electron chi connectivity index (χ0n) is 17.4. The minimum Gasteiger partial charge on any atom is -0.347 e. The lowest BCUT2D eigenvalue weighted by atomic mass is 10.0. The lowest BCUT2D eigenvalue weighted by molar-refractivity contribution is -0.181. The second-order valence-electron chi connectivity index (χ2n) is 7.83. The first-order valence-corrected chi connectivity index (χ1v) is 10.6. The summed E-state index contributed by atoms with van der Waals surface area (Å²) >= 11 is 0. The Morgan fingerprint density at radius 3 is 2.48 bits per heavy atom. The van der Waals surface area contributed by atoms with Gasteiger partial charge in [0.05, 0.1) is 13.2 Å². The Balaban J connectivity index is 1.39. The van der Waals surface area contributed by atoms with Crippen LogP contribution in [0, 0.1) is 0 Å². The monoisotopic (exact) mass is 420 g/mol. The average Bonchev–Trinajstić information content (AvgIpc) is 3.27. The van der Waals surface area contributed by atoms with Crippen molar-refractivity contribution in [2.45, 2.75) is 32.1 Å². The molecular formula is C23H24N4O4. The molecule has 8 heteroatoms. The van der Waals surface area contributed by atoms with E-state index in [0.29, 0.717) is 73.7 Å². The number of ether oxygens (including phenoxy) is 2. The Kier molecular flexibility index (Phi) is 5.03. The Hall–Kier alpha value is -3.10. The van der Waals surface area contributed by atoms with Crippen molar-refractivity contribution in [1.82, 2.24) is 19.4 Å². The van der Waals surface area contributed by atoms with Gasteiger partial charge in [-0.05, 0) is 31.2 Å². The highest BCUT2D eigenvalue weighted by molar-refractivity contribution is 5.94. The number of piperidine rings is 1. The Labute approximate surface area is 179 Å². The molecule has 2 saturated heterocycles. The van der Waals surface area contributed by atoms with Gasteiger partial charge in [0.1, 0.15) is 11.2 Å². The number of rotatable bonds is 3. The van der Waals surface area contributed by atoms with Crippen molar-refractivity contribution in [1.29, 1.82) is 0 Å². The van der Waals surface area contributed by atoms with Gasteiger partial charge in [0, 0.05) is 49.8 Å². The van der Waals surface area contributed by atoms with Gasteiger partial charge in [-0.2, -0.15) is 0 Å². The maximum absolute atomic E-state index is 13.0. The van der Waals surface area contributed by atoms with E-state index in [1.54, 1.807) is 41.1 Å². The van der Waals surface area contributed by atoms with Crippen LogP contribution in [0.2, 0.25) is 0 Å². The normalized spacial score (nSPS) is 18.0. The van der Waals surface area contributed by atoms with E-state index >= 15 is 0 Å². The van der Waals surface area contributed by atoms with Crippen LogP contribution in [0.4, 0.5) is 0 Å². The van der Waals surface area contributed by atoms with E-state index in [9.17, 15) is 9.59 Å². The van der Waals surface area contributed by atoms with Crippen LogP contribution in [0.3, 0.4) is 0 Å². The van der Waals surface area contributed by atoms with E-state index in [4.69, 9.17) is 9.47 Å². The molecule has 0 aliphatic carbocycles. The maximum Gasteiger partial charge on any atom is 0.278 e. The number of nitrogens with zero attached hydrogens (tertiary/aromatic N) is 4. The topological polar surface area (TPSA) is 86.6 Å². The number of benzene rings is 1. The molecule has 1 spiro atoms. The molecule has 31 heavy (non-hydrogen) atoms. The summed E-state index contributed by atoms with van der Waals surface area (Å²) < 4.78 is 13.1. The summed E-state index contributed by atoms with van der Waals surface area (Å²) in [6.07, 6.45) is 3.02. The molecular weight excluding hydrogens is 396 g/mol. The van der Waals surface area contributed by atoms with Gasteiger partial charge < -0.3 is 14.4 Å². The van der Waals surface area contributed by atoms with Gasteiger partial charge in [-0.25, -0.2) is 9.97 Å². The molecule has 8 nitrogen and oxygen atoms in total. The van der Waals surface area contributed by atoms with Crippen molar-refractivity contribution in [3.63, 3.8) is 0 Å². The summed E-state index contributed by atoms with van der Waals surface area (Å²) in [6, 6.07) is 10.7. The lowest BCUT2D eigenvalue weighted by Gasteiger charge is -2.37. The van der Waals surface area contributed by atoms with E-state index < -0.39 is 5.79 Å². The summed E-state index contributed by atoms with van der Waals surface area (Å²) in [5.41, 5.74) is 2.68. The molecule has 3 aromatic rings. The van der Waals surface area contributed by atoms with Crippen molar-refractivity contribution in [2.75, 3.05) is 26.3 Å². The van der Waals surface area contributed by atoms with Crippen LogP contribution < -0.4 is 5.56 Å². The number of fused-ring (bicyclic) bond motifs is 1. The van der Waals surface area contributed by atoms with Gasteiger partial charge in [-0.1, -0.05) is 12.1 Å². The second kappa shape index (κ2) is 7.86. The van der Waals surface area contributed by atoms with Crippen molar-refractivity contribution in [2.24, 2.45) is 0 Å². The van der Waals surface area contributed by atoms with Gasteiger partial charge >= 0.3 is 0 Å². The molecule has 2 aliphatic rings. The molecule has 0 saturated carbocycles. The van der Waals surface area contributed by atoms with Crippen LogP contribution in [0.5, 0.6) is 0 Å². The molecule has 2 fully saturated rings. The molecule has 2 aromatic heterocycles. The molecule has 0 radical (unpaired) electrons. The van der Waals surface area contributed by atoms with E-state index in [-0.39, 0.29) is 11.5 Å². The van der Waals surface area contributed by atoms with Crippen LogP contribution >= 0.6 is 0 Å². The molecule has 2 aliphatic heterocycles. The minimum absolute atomic E-state index is 0.0268. The first-order chi connectivity index (χ1) is 15.1. The largest absolute Gasteiger partial charge is 0.347 e. The van der Waals surface area contributed by atoms with E-state index in [1.807, 2.05) is 17.9 Å². The quantitative estimate of drug-likeness (QED) is 0.647. The molecule has 5 rings (SSSR count). The third-order valence-electron chi connectivity index (χ3n) is 6.05.